The molecule has 0 spiro atoms. The van der Waals surface area contributed by atoms with E-state index in [0.717, 1.165) is 32.1 Å². The second-order valence-corrected chi connectivity index (χ2v) is 5.40. The highest BCUT2D eigenvalue weighted by atomic mass is 17.7. The Morgan fingerprint density at radius 2 is 1.45 bits per heavy atom. The Kier molecular flexibility index (Phi) is 6.53. The largest absolute Gasteiger partial charge is 0.543 e. The lowest BCUT2D eigenvalue weighted by Gasteiger charge is -2.20. The SMILES string of the molecule is CC(C)(C)OC(=O)OOOOC(=O)OC1CCCCC1. The van der Waals surface area contributed by atoms with Crippen molar-refractivity contribution in [2.45, 2.75) is 64.6 Å². The Bertz CT molecular complexity index is 316. The van der Waals surface area contributed by atoms with Crippen molar-refractivity contribution in [3.8, 4) is 0 Å². The van der Waals surface area contributed by atoms with E-state index < -0.39 is 17.9 Å². The maximum absolute atomic E-state index is 11.2. The molecule has 0 heterocycles. The quantitative estimate of drug-likeness (QED) is 0.338. The number of carbonyl (C=O) groups is 2. The zero-order valence-electron chi connectivity index (χ0n) is 11.9. The minimum absolute atomic E-state index is 0.174. The van der Waals surface area contributed by atoms with Crippen molar-refractivity contribution >= 4 is 12.3 Å². The Morgan fingerprint density at radius 3 is 2.00 bits per heavy atom. The standard InChI is InChI=1S/C12H20O8/c1-12(2,3)16-11(14)18-20-19-17-10(13)15-9-7-5-4-6-8-9/h9H,4-8H2,1-3H3. The number of hydrogen-bond acceptors (Lipinski definition) is 8. The highest BCUT2D eigenvalue weighted by molar-refractivity contribution is 5.59. The topological polar surface area (TPSA) is 89.5 Å². The normalized spacial score (nSPS) is 16.4. The molecule has 1 rings (SSSR count). The van der Waals surface area contributed by atoms with Crippen LogP contribution in [0.15, 0.2) is 0 Å². The van der Waals surface area contributed by atoms with Crippen molar-refractivity contribution < 1.29 is 38.9 Å². The Hall–Kier alpha value is -1.54. The average molecular weight is 292 g/mol. The minimum Gasteiger partial charge on any atom is -0.429 e. The van der Waals surface area contributed by atoms with E-state index in [1.807, 2.05) is 0 Å². The van der Waals surface area contributed by atoms with Gasteiger partial charge in [0.05, 0.1) is 0 Å². The van der Waals surface area contributed by atoms with Crippen LogP contribution in [0.5, 0.6) is 0 Å². The second-order valence-electron chi connectivity index (χ2n) is 5.40. The van der Waals surface area contributed by atoms with E-state index in [1.165, 1.54) is 0 Å². The molecule has 1 aliphatic carbocycles. The summed E-state index contributed by atoms with van der Waals surface area (Å²) in [6, 6.07) is 0. The number of rotatable bonds is 4. The molecule has 0 unspecified atom stereocenters. The highest BCUT2D eigenvalue weighted by Crippen LogP contribution is 2.20. The van der Waals surface area contributed by atoms with Gasteiger partial charge in [0, 0.05) is 10.1 Å². The van der Waals surface area contributed by atoms with Gasteiger partial charge in [-0.1, -0.05) is 6.42 Å². The minimum atomic E-state index is -1.12. The molecule has 1 aliphatic rings. The first-order valence-electron chi connectivity index (χ1n) is 6.48. The predicted octanol–water partition coefficient (Wildman–Crippen LogP) is 3.20. The van der Waals surface area contributed by atoms with Crippen LogP contribution in [0.4, 0.5) is 9.59 Å². The summed E-state index contributed by atoms with van der Waals surface area (Å²) < 4.78 is 9.67. The first-order chi connectivity index (χ1) is 9.37. The van der Waals surface area contributed by atoms with E-state index >= 15 is 0 Å². The summed E-state index contributed by atoms with van der Waals surface area (Å²) in [6.07, 6.45) is 2.40. The van der Waals surface area contributed by atoms with Gasteiger partial charge in [0.2, 0.25) is 0 Å². The molecule has 0 N–H and O–H groups in total. The maximum atomic E-state index is 11.2. The molecule has 0 aromatic rings. The first kappa shape index (κ1) is 16.5. The second kappa shape index (κ2) is 7.91. The van der Waals surface area contributed by atoms with E-state index in [9.17, 15) is 9.59 Å². The van der Waals surface area contributed by atoms with Gasteiger partial charge in [-0.2, -0.15) is 0 Å². The molecule has 0 saturated heterocycles. The molecule has 0 aromatic carbocycles. The van der Waals surface area contributed by atoms with Gasteiger partial charge >= 0.3 is 12.3 Å². The van der Waals surface area contributed by atoms with Crippen molar-refractivity contribution in [2.75, 3.05) is 0 Å². The van der Waals surface area contributed by atoms with E-state index in [0.29, 0.717) is 0 Å². The number of hydrogen-bond donors (Lipinski definition) is 0. The zero-order chi connectivity index (χ0) is 15.0. The van der Waals surface area contributed by atoms with Crippen LogP contribution in [0.1, 0.15) is 52.9 Å². The van der Waals surface area contributed by atoms with Crippen LogP contribution in [0.2, 0.25) is 0 Å². The summed E-state index contributed by atoms with van der Waals surface area (Å²) in [4.78, 5) is 30.3. The van der Waals surface area contributed by atoms with Crippen molar-refractivity contribution in [3.63, 3.8) is 0 Å². The molecule has 0 aromatic heterocycles. The summed E-state index contributed by atoms with van der Waals surface area (Å²) in [5, 5.41) is 7.83. The molecule has 0 bridgehead atoms. The smallest absolute Gasteiger partial charge is 0.429 e. The van der Waals surface area contributed by atoms with Gasteiger partial charge in [-0.25, -0.2) is 19.4 Å². The number of ether oxygens (including phenoxy) is 2. The van der Waals surface area contributed by atoms with Crippen LogP contribution in [-0.2, 0) is 29.3 Å². The fourth-order valence-electron chi connectivity index (χ4n) is 1.69. The molecule has 0 atom stereocenters. The van der Waals surface area contributed by atoms with E-state index in [-0.39, 0.29) is 6.10 Å². The lowest BCUT2D eigenvalue weighted by molar-refractivity contribution is -0.601. The summed E-state index contributed by atoms with van der Waals surface area (Å²) in [6.45, 7) is 4.94. The molecule has 1 fully saturated rings. The molecular formula is C12H20O8. The monoisotopic (exact) mass is 292 g/mol. The Labute approximate surface area is 117 Å². The van der Waals surface area contributed by atoms with E-state index in [4.69, 9.17) is 9.47 Å². The third-order valence-electron chi connectivity index (χ3n) is 2.44. The van der Waals surface area contributed by atoms with Gasteiger partial charge < -0.3 is 9.47 Å². The van der Waals surface area contributed by atoms with Gasteiger partial charge in [0.15, 0.2) is 0 Å². The van der Waals surface area contributed by atoms with Gasteiger partial charge in [0.25, 0.3) is 0 Å². The average Bonchev–Trinajstić information content (AvgIpc) is 2.34. The van der Waals surface area contributed by atoms with Gasteiger partial charge in [-0.15, -0.1) is 0 Å². The fraction of sp³-hybridized carbons (Fsp3) is 0.833. The molecular weight excluding hydrogens is 272 g/mol. The third kappa shape index (κ3) is 7.80. The lowest BCUT2D eigenvalue weighted by Crippen LogP contribution is -2.25. The fourth-order valence-corrected chi connectivity index (χ4v) is 1.69. The molecule has 116 valence electrons. The summed E-state index contributed by atoms with van der Waals surface area (Å²) in [5.74, 6) is 0. The molecule has 0 amide bonds. The Morgan fingerprint density at radius 1 is 0.900 bits per heavy atom. The summed E-state index contributed by atoms with van der Waals surface area (Å²) in [5.41, 5.74) is -0.735. The predicted molar refractivity (Wildman–Crippen MR) is 63.9 cm³/mol. The van der Waals surface area contributed by atoms with Crippen molar-refractivity contribution in [3.05, 3.63) is 0 Å². The number of carbonyl (C=O) groups excluding carboxylic acids is 2. The van der Waals surface area contributed by atoms with Crippen LogP contribution in [0, 0.1) is 0 Å². The van der Waals surface area contributed by atoms with Crippen LogP contribution in [0.25, 0.3) is 0 Å². The third-order valence-corrected chi connectivity index (χ3v) is 2.44. The van der Waals surface area contributed by atoms with Crippen LogP contribution in [0.3, 0.4) is 0 Å². The van der Waals surface area contributed by atoms with Crippen LogP contribution in [-0.4, -0.2) is 24.0 Å². The maximum Gasteiger partial charge on any atom is 0.543 e. The van der Waals surface area contributed by atoms with Crippen molar-refractivity contribution in [1.82, 2.24) is 0 Å². The summed E-state index contributed by atoms with van der Waals surface area (Å²) in [7, 11) is 0. The molecule has 1 saturated carbocycles. The van der Waals surface area contributed by atoms with E-state index in [1.54, 1.807) is 20.8 Å². The first-order valence-corrected chi connectivity index (χ1v) is 6.48. The van der Waals surface area contributed by atoms with E-state index in [2.05, 4.69) is 19.9 Å². The highest BCUT2D eigenvalue weighted by Gasteiger charge is 2.21. The molecule has 0 aliphatic heterocycles. The summed E-state index contributed by atoms with van der Waals surface area (Å²) >= 11 is 0. The Balaban J connectivity index is 2.05. The van der Waals surface area contributed by atoms with Crippen LogP contribution < -0.4 is 0 Å². The lowest BCUT2D eigenvalue weighted by atomic mass is 9.98. The van der Waals surface area contributed by atoms with Crippen molar-refractivity contribution in [1.29, 1.82) is 0 Å². The van der Waals surface area contributed by atoms with Gasteiger partial charge in [-0.3, -0.25) is 0 Å². The molecule has 8 nitrogen and oxygen atoms in total. The molecule has 0 radical (unpaired) electrons. The van der Waals surface area contributed by atoms with Gasteiger partial charge in [-0.05, 0) is 46.5 Å². The molecule has 20 heavy (non-hydrogen) atoms. The van der Waals surface area contributed by atoms with Crippen LogP contribution >= 0.6 is 0 Å². The van der Waals surface area contributed by atoms with Gasteiger partial charge in [0.1, 0.15) is 11.7 Å². The van der Waals surface area contributed by atoms with Crippen molar-refractivity contribution in [2.24, 2.45) is 0 Å². The molecule has 8 heteroatoms. The zero-order valence-corrected chi connectivity index (χ0v) is 11.9.